The van der Waals surface area contributed by atoms with Crippen molar-refractivity contribution >= 4 is 39.7 Å². The highest BCUT2D eigenvalue weighted by Gasteiger charge is 2.54. The van der Waals surface area contributed by atoms with Gasteiger partial charge in [0.2, 0.25) is 21.8 Å². The maximum absolute atomic E-state index is 14.2. The zero-order chi connectivity index (χ0) is 29.1. The van der Waals surface area contributed by atoms with E-state index in [2.05, 4.69) is 10.0 Å². The SMILES string of the molecule is CCC(NC(=O)[C@H](CC1CCCCC1)N1CCC(NS(=O)(=O)c2cccc3ccccc23)(C(C)C)C1=O)B(O)O. The van der Waals surface area contributed by atoms with Crippen molar-refractivity contribution in [3.63, 3.8) is 0 Å². The fraction of sp³-hybridized carbons (Fsp3) is 0.586. The van der Waals surface area contributed by atoms with Crippen molar-refractivity contribution in [1.29, 1.82) is 0 Å². The average Bonchev–Trinajstić information content (AvgIpc) is 3.26. The van der Waals surface area contributed by atoms with E-state index in [4.69, 9.17) is 0 Å². The van der Waals surface area contributed by atoms with Crippen molar-refractivity contribution in [2.45, 2.75) is 94.6 Å². The molecular weight excluding hydrogens is 529 g/mol. The minimum absolute atomic E-state index is 0.107. The molecule has 4 rings (SSSR count). The zero-order valence-electron chi connectivity index (χ0n) is 23.7. The van der Waals surface area contributed by atoms with Crippen LogP contribution in [0.25, 0.3) is 10.8 Å². The van der Waals surface area contributed by atoms with Crippen molar-refractivity contribution in [3.8, 4) is 0 Å². The summed E-state index contributed by atoms with van der Waals surface area (Å²) in [4.78, 5) is 29.5. The zero-order valence-corrected chi connectivity index (χ0v) is 24.5. The number of fused-ring (bicyclic) bond motifs is 1. The topological polar surface area (TPSA) is 136 Å². The van der Waals surface area contributed by atoms with E-state index in [1.165, 1.54) is 4.90 Å². The summed E-state index contributed by atoms with van der Waals surface area (Å²) in [5.41, 5.74) is -1.42. The van der Waals surface area contributed by atoms with Crippen molar-refractivity contribution < 1.29 is 28.1 Å². The van der Waals surface area contributed by atoms with Crippen LogP contribution in [-0.2, 0) is 19.6 Å². The molecule has 1 aliphatic carbocycles. The summed E-state index contributed by atoms with van der Waals surface area (Å²) in [5.74, 6) is -1.83. The minimum Gasteiger partial charge on any atom is -0.426 e. The van der Waals surface area contributed by atoms with E-state index in [1.54, 1.807) is 31.2 Å². The Kier molecular flexibility index (Phi) is 9.60. The molecule has 2 fully saturated rings. The van der Waals surface area contributed by atoms with Gasteiger partial charge in [0.1, 0.15) is 11.6 Å². The molecular formula is C29H42BN3O6S. The molecule has 2 unspecified atom stereocenters. The van der Waals surface area contributed by atoms with Gasteiger partial charge in [-0.05, 0) is 42.6 Å². The fourth-order valence-electron chi connectivity index (χ4n) is 6.31. The van der Waals surface area contributed by atoms with Gasteiger partial charge in [0.25, 0.3) is 0 Å². The maximum atomic E-state index is 14.2. The Morgan fingerprint density at radius 1 is 1.10 bits per heavy atom. The normalized spacial score (nSPS) is 22.1. The predicted octanol–water partition coefficient (Wildman–Crippen LogP) is 2.99. The highest BCUT2D eigenvalue weighted by Crippen LogP contribution is 2.37. The number of amides is 2. The van der Waals surface area contributed by atoms with Crippen LogP contribution in [0.15, 0.2) is 47.4 Å². The summed E-state index contributed by atoms with van der Waals surface area (Å²) in [6.45, 7) is 5.60. The fourth-order valence-corrected chi connectivity index (χ4v) is 8.06. The third-order valence-electron chi connectivity index (χ3n) is 8.82. The molecule has 40 heavy (non-hydrogen) atoms. The first-order valence-electron chi connectivity index (χ1n) is 14.5. The second kappa shape index (κ2) is 12.6. The highest BCUT2D eigenvalue weighted by atomic mass is 32.2. The molecule has 2 aromatic carbocycles. The smallest absolute Gasteiger partial charge is 0.426 e. The molecule has 2 aliphatic rings. The van der Waals surface area contributed by atoms with Gasteiger partial charge in [0, 0.05) is 11.9 Å². The summed E-state index contributed by atoms with van der Waals surface area (Å²) in [5, 5.41) is 23.5. The molecule has 218 valence electrons. The molecule has 0 aromatic heterocycles. The number of likely N-dealkylation sites (tertiary alicyclic amines) is 1. The Morgan fingerprint density at radius 2 is 1.77 bits per heavy atom. The molecule has 4 N–H and O–H groups in total. The van der Waals surface area contributed by atoms with Crippen LogP contribution in [0.5, 0.6) is 0 Å². The Bertz CT molecular complexity index is 1310. The molecule has 0 radical (unpaired) electrons. The van der Waals surface area contributed by atoms with Crippen LogP contribution < -0.4 is 10.0 Å². The summed E-state index contributed by atoms with van der Waals surface area (Å²) < 4.78 is 30.4. The van der Waals surface area contributed by atoms with E-state index in [9.17, 15) is 28.1 Å². The second-order valence-corrected chi connectivity index (χ2v) is 13.3. The lowest BCUT2D eigenvalue weighted by Crippen LogP contribution is -2.60. The van der Waals surface area contributed by atoms with E-state index >= 15 is 0 Å². The van der Waals surface area contributed by atoms with Gasteiger partial charge < -0.3 is 20.3 Å². The van der Waals surface area contributed by atoms with Crippen LogP contribution in [0.1, 0.15) is 72.1 Å². The summed E-state index contributed by atoms with van der Waals surface area (Å²) in [6, 6.07) is 11.5. The van der Waals surface area contributed by atoms with E-state index in [1.807, 2.05) is 32.0 Å². The molecule has 0 bridgehead atoms. The lowest BCUT2D eigenvalue weighted by atomic mass is 9.77. The quantitative estimate of drug-likeness (QED) is 0.306. The summed E-state index contributed by atoms with van der Waals surface area (Å²) >= 11 is 0. The third kappa shape index (κ3) is 6.22. The summed E-state index contributed by atoms with van der Waals surface area (Å²) in [7, 11) is -5.82. The first-order valence-corrected chi connectivity index (χ1v) is 16.0. The molecule has 1 aliphatic heterocycles. The van der Waals surface area contributed by atoms with Gasteiger partial charge in [-0.15, -0.1) is 0 Å². The molecule has 11 heteroatoms. The van der Waals surface area contributed by atoms with Crippen LogP contribution >= 0.6 is 0 Å². The van der Waals surface area contributed by atoms with Crippen LogP contribution in [0, 0.1) is 11.8 Å². The number of nitrogens with one attached hydrogen (secondary N) is 2. The first kappa shape index (κ1) is 30.5. The Labute approximate surface area is 237 Å². The van der Waals surface area contributed by atoms with E-state index < -0.39 is 46.5 Å². The van der Waals surface area contributed by atoms with Gasteiger partial charge in [0.15, 0.2) is 0 Å². The number of nitrogens with zero attached hydrogens (tertiary/aromatic N) is 1. The summed E-state index contributed by atoms with van der Waals surface area (Å²) in [6.07, 6.45) is 6.22. The second-order valence-electron chi connectivity index (χ2n) is 11.6. The van der Waals surface area contributed by atoms with Crippen molar-refractivity contribution in [3.05, 3.63) is 42.5 Å². The number of hydrogen-bond acceptors (Lipinski definition) is 6. The van der Waals surface area contributed by atoms with Gasteiger partial charge >= 0.3 is 7.12 Å². The van der Waals surface area contributed by atoms with Gasteiger partial charge in [0.05, 0.1) is 10.8 Å². The largest absolute Gasteiger partial charge is 0.475 e. The molecule has 3 atom stereocenters. The number of benzene rings is 2. The van der Waals surface area contributed by atoms with Gasteiger partial charge in [-0.1, -0.05) is 89.3 Å². The molecule has 0 spiro atoms. The molecule has 9 nitrogen and oxygen atoms in total. The average molecular weight is 572 g/mol. The van der Waals surface area contributed by atoms with Gasteiger partial charge in [-0.3, -0.25) is 9.59 Å². The minimum atomic E-state index is -4.10. The Morgan fingerprint density at radius 3 is 2.42 bits per heavy atom. The van der Waals surface area contributed by atoms with Crippen LogP contribution in [0.4, 0.5) is 0 Å². The Balaban J connectivity index is 1.66. The van der Waals surface area contributed by atoms with Crippen LogP contribution in [0.2, 0.25) is 0 Å². The standard InChI is InChI=1S/C29H42BN3O6S/c1-4-26(30(36)37)31-27(34)24(19-21-11-6-5-7-12-21)33-18-17-29(20(2)3,28(33)35)32-40(38,39)25-16-10-14-22-13-8-9-15-23(22)25/h8-10,13-16,20-21,24,26,32,36-37H,4-7,11-12,17-19H2,1-3H3,(H,31,34)/t24-,26?,29?/m0/s1. The third-order valence-corrected chi connectivity index (χ3v) is 10.4. The first-order chi connectivity index (χ1) is 19.0. The lowest BCUT2D eigenvalue weighted by Gasteiger charge is -2.36. The predicted molar refractivity (Wildman–Crippen MR) is 156 cm³/mol. The Hall–Kier alpha value is -2.47. The molecule has 1 saturated heterocycles. The molecule has 2 aromatic rings. The number of carbonyl (C=O) groups is 2. The van der Waals surface area contributed by atoms with E-state index in [0.717, 1.165) is 37.5 Å². The van der Waals surface area contributed by atoms with E-state index in [-0.39, 0.29) is 29.7 Å². The number of sulfonamides is 1. The monoisotopic (exact) mass is 571 g/mol. The van der Waals surface area contributed by atoms with Crippen LogP contribution in [0.3, 0.4) is 0 Å². The van der Waals surface area contributed by atoms with E-state index in [0.29, 0.717) is 18.2 Å². The molecule has 1 saturated carbocycles. The molecule has 1 heterocycles. The number of carbonyl (C=O) groups excluding carboxylic acids is 2. The van der Waals surface area contributed by atoms with Crippen molar-refractivity contribution in [2.75, 3.05) is 6.54 Å². The van der Waals surface area contributed by atoms with Gasteiger partial charge in [-0.2, -0.15) is 4.72 Å². The van der Waals surface area contributed by atoms with Crippen molar-refractivity contribution in [2.24, 2.45) is 11.8 Å². The number of hydrogen-bond donors (Lipinski definition) is 4. The van der Waals surface area contributed by atoms with Crippen molar-refractivity contribution in [1.82, 2.24) is 14.9 Å². The number of rotatable bonds is 11. The molecule has 2 amide bonds. The highest BCUT2D eigenvalue weighted by molar-refractivity contribution is 7.89. The lowest BCUT2D eigenvalue weighted by molar-refractivity contribution is -0.142. The van der Waals surface area contributed by atoms with Crippen LogP contribution in [-0.4, -0.2) is 66.4 Å². The van der Waals surface area contributed by atoms with Gasteiger partial charge in [-0.25, -0.2) is 8.42 Å². The maximum Gasteiger partial charge on any atom is 0.475 e.